The molecule has 1 unspecified atom stereocenters. The molecule has 1 aromatic rings. The van der Waals surface area contributed by atoms with Gasteiger partial charge >= 0.3 is 0 Å². The van der Waals surface area contributed by atoms with E-state index in [0.717, 1.165) is 57.3 Å². The third-order valence-electron chi connectivity index (χ3n) is 6.12. The fourth-order valence-corrected chi connectivity index (χ4v) is 4.41. The molecule has 0 bridgehead atoms. The zero-order valence-electron chi connectivity index (χ0n) is 18.0. The largest absolute Gasteiger partial charge is 0.468 e. The Morgan fingerprint density at radius 3 is 2.62 bits per heavy atom. The number of nitrogens with zero attached hydrogens (tertiary/aromatic N) is 3. The number of furan rings is 1. The van der Waals surface area contributed by atoms with Crippen LogP contribution in [0.1, 0.15) is 57.3 Å². The van der Waals surface area contributed by atoms with Crippen LogP contribution in [0.3, 0.4) is 0 Å². The SMILES string of the molecule is CCNC(=NCC(c1ccco1)N1CCCCC1)N1CCC(CC(=O)NC)CC1. The predicted molar refractivity (Wildman–Crippen MR) is 116 cm³/mol. The molecule has 0 aromatic carbocycles. The second-order valence-corrected chi connectivity index (χ2v) is 8.13. The number of guanidine groups is 1. The van der Waals surface area contributed by atoms with Crippen molar-refractivity contribution in [3.05, 3.63) is 24.2 Å². The van der Waals surface area contributed by atoms with Crippen molar-refractivity contribution in [2.75, 3.05) is 46.3 Å². The fourth-order valence-electron chi connectivity index (χ4n) is 4.41. The van der Waals surface area contributed by atoms with Crippen molar-refractivity contribution in [2.24, 2.45) is 10.9 Å². The number of aliphatic imine (C=N–C) groups is 1. The number of hydrogen-bond donors (Lipinski definition) is 2. The minimum atomic E-state index is 0.145. The molecule has 7 nitrogen and oxygen atoms in total. The summed E-state index contributed by atoms with van der Waals surface area (Å²) in [5.41, 5.74) is 0. The van der Waals surface area contributed by atoms with Gasteiger partial charge in [-0.05, 0) is 63.7 Å². The lowest BCUT2D eigenvalue weighted by Crippen LogP contribution is -2.46. The molecule has 7 heteroatoms. The minimum absolute atomic E-state index is 0.145. The summed E-state index contributed by atoms with van der Waals surface area (Å²) >= 11 is 0. The normalized spacial score (nSPS) is 20.5. The highest BCUT2D eigenvalue weighted by Crippen LogP contribution is 2.26. The highest BCUT2D eigenvalue weighted by atomic mass is 16.3. The molecule has 2 fully saturated rings. The number of piperidine rings is 2. The van der Waals surface area contributed by atoms with Gasteiger partial charge in [-0.25, -0.2) is 0 Å². The molecule has 1 amide bonds. The molecule has 3 rings (SSSR count). The summed E-state index contributed by atoms with van der Waals surface area (Å²) in [5.74, 6) is 2.61. The van der Waals surface area contributed by atoms with Gasteiger partial charge in [-0.15, -0.1) is 0 Å². The van der Waals surface area contributed by atoms with Crippen LogP contribution in [-0.2, 0) is 4.79 Å². The molecule has 29 heavy (non-hydrogen) atoms. The maximum Gasteiger partial charge on any atom is 0.220 e. The number of carbonyl (C=O) groups is 1. The van der Waals surface area contributed by atoms with E-state index in [1.165, 1.54) is 19.3 Å². The van der Waals surface area contributed by atoms with Crippen LogP contribution in [0.2, 0.25) is 0 Å². The first-order valence-electron chi connectivity index (χ1n) is 11.2. The van der Waals surface area contributed by atoms with Gasteiger partial charge in [0, 0.05) is 33.1 Å². The van der Waals surface area contributed by atoms with Crippen LogP contribution in [0.15, 0.2) is 27.8 Å². The Labute approximate surface area is 174 Å². The van der Waals surface area contributed by atoms with Gasteiger partial charge in [0.25, 0.3) is 0 Å². The third kappa shape index (κ3) is 6.23. The van der Waals surface area contributed by atoms with Crippen molar-refractivity contribution in [3.8, 4) is 0 Å². The summed E-state index contributed by atoms with van der Waals surface area (Å²) < 4.78 is 5.77. The molecule has 2 aliphatic rings. The van der Waals surface area contributed by atoms with E-state index in [2.05, 4.69) is 33.4 Å². The van der Waals surface area contributed by atoms with Gasteiger partial charge in [0.1, 0.15) is 5.76 Å². The van der Waals surface area contributed by atoms with Crippen LogP contribution in [0, 0.1) is 5.92 Å². The molecule has 2 saturated heterocycles. The van der Waals surface area contributed by atoms with E-state index >= 15 is 0 Å². The summed E-state index contributed by atoms with van der Waals surface area (Å²) in [5, 5.41) is 6.21. The van der Waals surface area contributed by atoms with E-state index in [9.17, 15) is 4.79 Å². The van der Waals surface area contributed by atoms with Crippen LogP contribution in [0.4, 0.5) is 0 Å². The van der Waals surface area contributed by atoms with E-state index in [-0.39, 0.29) is 11.9 Å². The predicted octanol–water partition coefficient (Wildman–Crippen LogP) is 2.62. The molecule has 0 radical (unpaired) electrons. The second-order valence-electron chi connectivity index (χ2n) is 8.13. The zero-order chi connectivity index (χ0) is 20.5. The lowest BCUT2D eigenvalue weighted by Gasteiger charge is -2.35. The molecule has 2 N–H and O–H groups in total. The molecule has 162 valence electrons. The van der Waals surface area contributed by atoms with E-state index < -0.39 is 0 Å². The lowest BCUT2D eigenvalue weighted by atomic mass is 9.93. The summed E-state index contributed by atoms with van der Waals surface area (Å²) in [6, 6.07) is 4.24. The van der Waals surface area contributed by atoms with Gasteiger partial charge < -0.3 is 20.0 Å². The first-order valence-corrected chi connectivity index (χ1v) is 11.2. The summed E-state index contributed by atoms with van der Waals surface area (Å²) in [7, 11) is 1.71. The first kappa shape index (κ1) is 21.7. The van der Waals surface area contributed by atoms with Gasteiger partial charge in [0.2, 0.25) is 5.91 Å². The molecule has 1 aromatic heterocycles. The minimum Gasteiger partial charge on any atom is -0.468 e. The smallest absolute Gasteiger partial charge is 0.220 e. The standard InChI is InChI=1S/C22H37N5O2/c1-3-24-22(27-13-9-18(10-14-27)16-21(28)23-2)25-17-19(20-8-7-15-29-20)26-11-5-4-6-12-26/h7-8,15,18-19H,3-6,9-14,16-17H2,1-2H3,(H,23,28)(H,24,25). The summed E-state index contributed by atoms with van der Waals surface area (Å²) in [6.45, 7) is 7.79. The zero-order valence-corrected chi connectivity index (χ0v) is 18.0. The van der Waals surface area contributed by atoms with Crippen LogP contribution in [0.5, 0.6) is 0 Å². The van der Waals surface area contributed by atoms with E-state index in [0.29, 0.717) is 18.9 Å². The van der Waals surface area contributed by atoms with Crippen molar-refractivity contribution in [1.82, 2.24) is 20.4 Å². The van der Waals surface area contributed by atoms with E-state index in [1.54, 1.807) is 13.3 Å². The van der Waals surface area contributed by atoms with Crippen molar-refractivity contribution >= 4 is 11.9 Å². The topological polar surface area (TPSA) is 73.1 Å². The molecule has 1 atom stereocenters. The van der Waals surface area contributed by atoms with Crippen molar-refractivity contribution in [1.29, 1.82) is 0 Å². The molecule has 0 spiro atoms. The lowest BCUT2D eigenvalue weighted by molar-refractivity contribution is -0.121. The molecule has 2 aliphatic heterocycles. The molecule has 3 heterocycles. The summed E-state index contributed by atoms with van der Waals surface area (Å²) in [6.07, 6.45) is 8.28. The quantitative estimate of drug-likeness (QED) is 0.541. The Morgan fingerprint density at radius 1 is 1.24 bits per heavy atom. The number of rotatable bonds is 7. The van der Waals surface area contributed by atoms with Crippen LogP contribution in [0.25, 0.3) is 0 Å². The first-order chi connectivity index (χ1) is 14.2. The van der Waals surface area contributed by atoms with Gasteiger partial charge in [-0.3, -0.25) is 14.7 Å². The van der Waals surface area contributed by atoms with Gasteiger partial charge in [-0.1, -0.05) is 6.42 Å². The van der Waals surface area contributed by atoms with Crippen molar-refractivity contribution < 1.29 is 9.21 Å². The Balaban J connectivity index is 1.63. The second kappa shape index (κ2) is 11.2. The molecule has 0 saturated carbocycles. The average Bonchev–Trinajstić information content (AvgIpc) is 3.29. The maximum absolute atomic E-state index is 11.7. The number of amides is 1. The highest BCUT2D eigenvalue weighted by Gasteiger charge is 2.26. The highest BCUT2D eigenvalue weighted by molar-refractivity contribution is 5.80. The van der Waals surface area contributed by atoms with Crippen LogP contribution >= 0.6 is 0 Å². The number of likely N-dealkylation sites (tertiary alicyclic amines) is 2. The van der Waals surface area contributed by atoms with Crippen molar-refractivity contribution in [2.45, 2.75) is 51.5 Å². The third-order valence-corrected chi connectivity index (χ3v) is 6.12. The Morgan fingerprint density at radius 2 is 2.00 bits per heavy atom. The molecule has 0 aliphatic carbocycles. The van der Waals surface area contributed by atoms with Crippen LogP contribution < -0.4 is 10.6 Å². The monoisotopic (exact) mass is 403 g/mol. The van der Waals surface area contributed by atoms with Gasteiger partial charge in [-0.2, -0.15) is 0 Å². The van der Waals surface area contributed by atoms with Crippen LogP contribution in [-0.4, -0.2) is 68.0 Å². The fraction of sp³-hybridized carbons (Fsp3) is 0.727. The maximum atomic E-state index is 11.7. The number of carbonyl (C=O) groups excluding carboxylic acids is 1. The van der Waals surface area contributed by atoms with E-state index in [1.807, 2.05) is 6.07 Å². The average molecular weight is 404 g/mol. The van der Waals surface area contributed by atoms with Gasteiger partial charge in [0.15, 0.2) is 5.96 Å². The summed E-state index contributed by atoms with van der Waals surface area (Å²) in [4.78, 5) is 21.6. The number of nitrogens with one attached hydrogen (secondary N) is 2. The van der Waals surface area contributed by atoms with E-state index in [4.69, 9.17) is 9.41 Å². The Hall–Kier alpha value is -2.02. The molecular formula is C22H37N5O2. The Bertz CT molecular complexity index is 632. The number of hydrogen-bond acceptors (Lipinski definition) is 4. The Kier molecular flexibility index (Phi) is 8.40. The van der Waals surface area contributed by atoms with Gasteiger partial charge in [0.05, 0.1) is 18.8 Å². The van der Waals surface area contributed by atoms with Crippen molar-refractivity contribution in [3.63, 3.8) is 0 Å². The molecular weight excluding hydrogens is 366 g/mol.